The number of ether oxygens (including phenoxy) is 1. The molecular formula is C11H12N4O3S. The Hall–Kier alpha value is -2.22. The van der Waals surface area contributed by atoms with Gasteiger partial charge in [0, 0.05) is 6.42 Å². The molecule has 0 radical (unpaired) electrons. The summed E-state index contributed by atoms with van der Waals surface area (Å²) >= 11 is 5.01. The van der Waals surface area contributed by atoms with E-state index in [0.717, 1.165) is 5.69 Å². The lowest BCUT2D eigenvalue weighted by Crippen LogP contribution is -2.02. The van der Waals surface area contributed by atoms with Crippen molar-refractivity contribution in [3.8, 4) is 11.4 Å². The smallest absolute Gasteiger partial charge is 0.303 e. The quantitative estimate of drug-likeness (QED) is 0.616. The fraction of sp³-hybridized carbons (Fsp3) is 0.273. The molecule has 0 aliphatic heterocycles. The Morgan fingerprint density at radius 2 is 2.16 bits per heavy atom. The fourth-order valence-electron chi connectivity index (χ4n) is 1.46. The number of H-pyrrole nitrogens is 1. The third-order valence-corrected chi connectivity index (χ3v) is 2.62. The lowest BCUT2D eigenvalue weighted by atomic mass is 10.3. The third kappa shape index (κ3) is 3.62. The van der Waals surface area contributed by atoms with E-state index in [-0.39, 0.29) is 6.42 Å². The molecule has 100 valence electrons. The number of aliphatic carboxylic acids is 1. The van der Waals surface area contributed by atoms with Gasteiger partial charge in [-0.2, -0.15) is 4.68 Å². The highest BCUT2D eigenvalue weighted by atomic mass is 32.1. The molecule has 0 saturated carbocycles. The van der Waals surface area contributed by atoms with Crippen molar-refractivity contribution in [2.45, 2.75) is 12.8 Å². The highest BCUT2D eigenvalue weighted by Crippen LogP contribution is 2.14. The zero-order chi connectivity index (χ0) is 13.7. The van der Waals surface area contributed by atoms with Crippen molar-refractivity contribution in [3.05, 3.63) is 29.0 Å². The van der Waals surface area contributed by atoms with Crippen molar-refractivity contribution in [2.75, 3.05) is 6.61 Å². The van der Waals surface area contributed by atoms with Crippen LogP contribution in [0.4, 0.5) is 0 Å². The van der Waals surface area contributed by atoms with Crippen molar-refractivity contribution < 1.29 is 14.6 Å². The van der Waals surface area contributed by atoms with Gasteiger partial charge in [-0.1, -0.05) is 0 Å². The summed E-state index contributed by atoms with van der Waals surface area (Å²) in [4.78, 5) is 10.3. The standard InChI is InChI=1S/C11H12N4O3S/c16-10(17)2-1-7-18-9-5-3-8(4-6-9)15-11(19)12-13-14-15/h3-6H,1-2,7H2,(H,16,17)(H,12,14,19). The Morgan fingerprint density at radius 1 is 1.42 bits per heavy atom. The number of carboxylic acids is 1. The molecule has 0 spiro atoms. The van der Waals surface area contributed by atoms with E-state index in [0.29, 0.717) is 23.5 Å². The van der Waals surface area contributed by atoms with Gasteiger partial charge >= 0.3 is 5.97 Å². The molecule has 8 heteroatoms. The van der Waals surface area contributed by atoms with Gasteiger partial charge in [-0.3, -0.25) is 4.79 Å². The normalized spacial score (nSPS) is 10.3. The molecule has 7 nitrogen and oxygen atoms in total. The van der Waals surface area contributed by atoms with Crippen LogP contribution in [0.3, 0.4) is 0 Å². The van der Waals surface area contributed by atoms with Crippen molar-refractivity contribution in [2.24, 2.45) is 0 Å². The Labute approximate surface area is 113 Å². The van der Waals surface area contributed by atoms with E-state index >= 15 is 0 Å². The molecule has 2 aromatic rings. The minimum atomic E-state index is -0.820. The molecule has 0 amide bonds. The van der Waals surface area contributed by atoms with E-state index in [2.05, 4.69) is 15.5 Å². The van der Waals surface area contributed by atoms with Gasteiger partial charge in [0.05, 0.1) is 12.3 Å². The fourth-order valence-corrected chi connectivity index (χ4v) is 1.65. The summed E-state index contributed by atoms with van der Waals surface area (Å²) in [5, 5.41) is 18.5. The largest absolute Gasteiger partial charge is 0.494 e. The number of aromatic nitrogens is 4. The molecule has 0 aliphatic rings. The predicted octanol–water partition coefficient (Wildman–Crippen LogP) is 1.57. The molecule has 1 aromatic heterocycles. The van der Waals surface area contributed by atoms with Crippen LogP contribution in [0.25, 0.3) is 5.69 Å². The van der Waals surface area contributed by atoms with Gasteiger partial charge in [0.15, 0.2) is 0 Å². The van der Waals surface area contributed by atoms with Crippen molar-refractivity contribution in [1.29, 1.82) is 0 Å². The number of nitrogens with zero attached hydrogens (tertiary/aromatic N) is 3. The zero-order valence-electron chi connectivity index (χ0n) is 9.94. The first kappa shape index (κ1) is 13.2. The molecule has 19 heavy (non-hydrogen) atoms. The molecule has 0 fully saturated rings. The van der Waals surface area contributed by atoms with Crippen LogP contribution in [-0.2, 0) is 4.79 Å². The van der Waals surface area contributed by atoms with Gasteiger partial charge < -0.3 is 9.84 Å². The number of hydrogen-bond acceptors (Lipinski definition) is 5. The van der Waals surface area contributed by atoms with Crippen LogP contribution in [-0.4, -0.2) is 37.9 Å². The lowest BCUT2D eigenvalue weighted by molar-refractivity contribution is -0.137. The van der Waals surface area contributed by atoms with Gasteiger partial charge in [0.1, 0.15) is 5.75 Å². The monoisotopic (exact) mass is 280 g/mol. The van der Waals surface area contributed by atoms with Crippen LogP contribution in [0.2, 0.25) is 0 Å². The van der Waals surface area contributed by atoms with Crippen molar-refractivity contribution >= 4 is 18.2 Å². The second-order valence-electron chi connectivity index (χ2n) is 3.76. The van der Waals surface area contributed by atoms with E-state index in [1.165, 1.54) is 4.68 Å². The zero-order valence-corrected chi connectivity index (χ0v) is 10.8. The minimum Gasteiger partial charge on any atom is -0.494 e. The maximum Gasteiger partial charge on any atom is 0.303 e. The highest BCUT2D eigenvalue weighted by Gasteiger charge is 2.01. The van der Waals surface area contributed by atoms with Crippen molar-refractivity contribution in [1.82, 2.24) is 20.2 Å². The van der Waals surface area contributed by atoms with Crippen LogP contribution in [0, 0.1) is 4.77 Å². The second-order valence-corrected chi connectivity index (χ2v) is 4.14. The molecule has 0 atom stereocenters. The summed E-state index contributed by atoms with van der Waals surface area (Å²) in [5.74, 6) is -0.150. The van der Waals surface area contributed by atoms with E-state index in [1.54, 1.807) is 24.3 Å². The third-order valence-electron chi connectivity index (χ3n) is 2.36. The van der Waals surface area contributed by atoms with Gasteiger partial charge in [0.2, 0.25) is 4.77 Å². The van der Waals surface area contributed by atoms with Crippen LogP contribution in [0.5, 0.6) is 5.75 Å². The second kappa shape index (κ2) is 6.10. The summed E-state index contributed by atoms with van der Waals surface area (Å²) in [5.41, 5.74) is 0.775. The number of rotatable bonds is 6. The first-order chi connectivity index (χ1) is 9.16. The van der Waals surface area contributed by atoms with Crippen molar-refractivity contribution in [3.63, 3.8) is 0 Å². The number of hydrogen-bond donors (Lipinski definition) is 2. The number of nitrogens with one attached hydrogen (secondary N) is 1. The van der Waals surface area contributed by atoms with Gasteiger partial charge in [-0.05, 0) is 53.3 Å². The van der Waals surface area contributed by atoms with Crippen LogP contribution >= 0.6 is 12.2 Å². The van der Waals surface area contributed by atoms with Gasteiger partial charge in [0.25, 0.3) is 0 Å². The Morgan fingerprint density at radius 3 is 2.74 bits per heavy atom. The maximum atomic E-state index is 10.3. The molecule has 2 rings (SSSR count). The molecule has 1 heterocycles. The van der Waals surface area contributed by atoms with Crippen LogP contribution in [0.15, 0.2) is 24.3 Å². The van der Waals surface area contributed by atoms with Gasteiger partial charge in [-0.15, -0.1) is 0 Å². The van der Waals surface area contributed by atoms with Crippen LogP contribution < -0.4 is 4.74 Å². The first-order valence-corrected chi connectivity index (χ1v) is 6.03. The lowest BCUT2D eigenvalue weighted by Gasteiger charge is -2.06. The summed E-state index contributed by atoms with van der Waals surface area (Å²) < 4.78 is 7.32. The first-order valence-electron chi connectivity index (χ1n) is 5.62. The summed E-state index contributed by atoms with van der Waals surface area (Å²) in [7, 11) is 0. The summed E-state index contributed by atoms with van der Waals surface area (Å²) in [6.07, 6.45) is 0.581. The summed E-state index contributed by atoms with van der Waals surface area (Å²) in [6.45, 7) is 0.370. The minimum absolute atomic E-state index is 0.103. The van der Waals surface area contributed by atoms with E-state index in [1.807, 2.05) is 0 Å². The molecule has 0 unspecified atom stereocenters. The Bertz CT molecular complexity index is 605. The topological polar surface area (TPSA) is 93.0 Å². The Kier molecular flexibility index (Phi) is 4.24. The number of carboxylic acid groups (broad SMARTS) is 1. The van der Waals surface area contributed by atoms with Gasteiger partial charge in [-0.25, -0.2) is 5.10 Å². The average molecular weight is 280 g/mol. The Balaban J connectivity index is 1.94. The maximum absolute atomic E-state index is 10.3. The van der Waals surface area contributed by atoms with Crippen LogP contribution in [0.1, 0.15) is 12.8 Å². The number of benzene rings is 1. The molecule has 0 bridgehead atoms. The molecule has 0 aliphatic carbocycles. The SMILES string of the molecule is O=C(O)CCCOc1ccc(-n2nn[nH]c2=S)cc1. The summed E-state index contributed by atoms with van der Waals surface area (Å²) in [6, 6.07) is 7.13. The highest BCUT2D eigenvalue weighted by molar-refractivity contribution is 7.71. The van der Waals surface area contributed by atoms with E-state index in [9.17, 15) is 4.79 Å². The molecular weight excluding hydrogens is 268 g/mol. The number of carbonyl (C=O) groups is 1. The molecule has 1 aromatic carbocycles. The van der Waals surface area contributed by atoms with E-state index < -0.39 is 5.97 Å². The number of aromatic amines is 1. The van der Waals surface area contributed by atoms with E-state index in [4.69, 9.17) is 22.1 Å². The predicted molar refractivity (Wildman–Crippen MR) is 68.9 cm³/mol. The number of tetrazole rings is 1. The molecule has 0 saturated heterocycles. The average Bonchev–Trinajstić information content (AvgIpc) is 2.81. The molecule has 2 N–H and O–H groups in total.